The largest absolute Gasteiger partial charge is 0.394 e. The second-order valence-corrected chi connectivity index (χ2v) is 13.9. The molecule has 20 atom stereocenters. The lowest BCUT2D eigenvalue weighted by atomic mass is 9.96. The van der Waals surface area contributed by atoms with E-state index in [-0.39, 0.29) is 19.6 Å². The molecule has 21 heteroatoms. The van der Waals surface area contributed by atoms with Crippen molar-refractivity contribution in [3.8, 4) is 0 Å². The van der Waals surface area contributed by atoms with Gasteiger partial charge in [-0.15, -0.1) is 0 Å². The number of rotatable bonds is 14. The van der Waals surface area contributed by atoms with E-state index >= 15 is 0 Å². The van der Waals surface area contributed by atoms with Crippen molar-refractivity contribution in [1.82, 2.24) is 0 Å². The van der Waals surface area contributed by atoms with Gasteiger partial charge in [0.05, 0.1) is 26.4 Å². The molecule has 0 aromatic carbocycles. The highest BCUT2D eigenvalue weighted by Crippen LogP contribution is 2.39. The standard InChI is InChI=1S/C30H52N2O19/c1-2-3-4-5-30(31,32)51-23-15(36)11(7-34)46-28(18(23)39)49-21-13-9-43-25(21)19(40)29(47-13)50-22-14(35)10(6-33)45-27(17(22)38)48-20-12-8-42-24(20)16(37)26(41)44-12/h10-29,33-41H,2-9,31-32H2,1H3/t10-,11-,12+,13+,14-,15-,16+,17-,18-,19+,20+,21+,22+,23+,24+,25+,26-,27+,28+,29+/m1/s1. The van der Waals surface area contributed by atoms with Crippen LogP contribution in [0.5, 0.6) is 0 Å². The van der Waals surface area contributed by atoms with Crippen LogP contribution in [0.4, 0.5) is 0 Å². The van der Waals surface area contributed by atoms with E-state index in [4.69, 9.17) is 58.8 Å². The summed E-state index contributed by atoms with van der Waals surface area (Å²) in [5.74, 6) is -1.72. The summed E-state index contributed by atoms with van der Waals surface area (Å²) in [5.41, 5.74) is 12.2. The molecule has 6 aliphatic heterocycles. The summed E-state index contributed by atoms with van der Waals surface area (Å²) in [5, 5.41) is 95.5. The predicted octanol–water partition coefficient (Wildman–Crippen LogP) is -6.48. The zero-order valence-electron chi connectivity index (χ0n) is 28.0. The van der Waals surface area contributed by atoms with Crippen molar-refractivity contribution in [2.75, 3.05) is 26.4 Å². The van der Waals surface area contributed by atoms with Crippen LogP contribution < -0.4 is 11.5 Å². The van der Waals surface area contributed by atoms with Crippen LogP contribution >= 0.6 is 0 Å². The molecular weight excluding hydrogens is 692 g/mol. The summed E-state index contributed by atoms with van der Waals surface area (Å²) >= 11 is 0. The third-order valence-electron chi connectivity index (χ3n) is 10.2. The number of ether oxygens (including phenoxy) is 10. The fourth-order valence-electron chi connectivity index (χ4n) is 7.37. The maximum Gasteiger partial charge on any atom is 0.187 e. The Morgan fingerprint density at radius 1 is 0.588 bits per heavy atom. The maximum atomic E-state index is 11.3. The van der Waals surface area contributed by atoms with Gasteiger partial charge in [-0.05, 0) is 6.42 Å². The molecular formula is C30H52N2O19. The Morgan fingerprint density at radius 2 is 1.08 bits per heavy atom. The Morgan fingerprint density at radius 3 is 1.65 bits per heavy atom. The molecule has 0 aliphatic carbocycles. The van der Waals surface area contributed by atoms with E-state index in [0.29, 0.717) is 6.42 Å². The van der Waals surface area contributed by atoms with Gasteiger partial charge in [0, 0.05) is 6.42 Å². The summed E-state index contributed by atoms with van der Waals surface area (Å²) in [4.78, 5) is 0. The molecule has 0 amide bonds. The van der Waals surface area contributed by atoms with Crippen molar-refractivity contribution < 1.29 is 93.3 Å². The van der Waals surface area contributed by atoms with Gasteiger partial charge in [-0.25, -0.2) is 0 Å². The van der Waals surface area contributed by atoms with Crippen molar-refractivity contribution in [3.05, 3.63) is 0 Å². The molecule has 0 radical (unpaired) electrons. The lowest BCUT2D eigenvalue weighted by Gasteiger charge is -2.47. The summed E-state index contributed by atoms with van der Waals surface area (Å²) in [6, 6.07) is 0. The highest BCUT2D eigenvalue weighted by molar-refractivity contribution is 5.01. The number of aliphatic hydroxyl groups is 9. The summed E-state index contributed by atoms with van der Waals surface area (Å²) in [7, 11) is 0. The minimum Gasteiger partial charge on any atom is -0.394 e. The van der Waals surface area contributed by atoms with Gasteiger partial charge in [0.25, 0.3) is 0 Å². The third kappa shape index (κ3) is 8.10. The van der Waals surface area contributed by atoms with E-state index in [9.17, 15) is 46.0 Å². The average molecular weight is 745 g/mol. The van der Waals surface area contributed by atoms with E-state index in [2.05, 4.69) is 0 Å². The number of unbranched alkanes of at least 4 members (excludes halogenated alkanes) is 2. The van der Waals surface area contributed by atoms with Crippen LogP contribution in [0.1, 0.15) is 32.6 Å². The second kappa shape index (κ2) is 16.5. The van der Waals surface area contributed by atoms with Crippen molar-refractivity contribution in [1.29, 1.82) is 0 Å². The molecule has 6 fully saturated rings. The highest BCUT2D eigenvalue weighted by Gasteiger charge is 2.59. The van der Waals surface area contributed by atoms with Gasteiger partial charge >= 0.3 is 0 Å². The SMILES string of the molecule is CCCCCC(N)(N)O[C@@H]1[C@@H](O)[C@H](O[C@@H]2[C@H]3OC[C@@H]2O[C@@H](O[C@@H]2[C@@H](O)[C@H](O[C@@H]4[C@H]5OC[C@@H]4O[C@@H](O)[C@H]5O)O[C@H](CO)[C@H]2O)[C@H]3O)O[C@H](CO)[C@H]1O. The van der Waals surface area contributed by atoms with Crippen LogP contribution in [0.3, 0.4) is 0 Å². The normalized spacial score (nSPS) is 50.1. The van der Waals surface area contributed by atoms with Crippen LogP contribution in [-0.2, 0) is 47.4 Å². The number of hydrogen-bond donors (Lipinski definition) is 11. The van der Waals surface area contributed by atoms with Gasteiger partial charge in [-0.3, -0.25) is 11.5 Å². The van der Waals surface area contributed by atoms with Crippen LogP contribution in [-0.4, -0.2) is 201 Å². The van der Waals surface area contributed by atoms with E-state index in [0.717, 1.165) is 12.8 Å². The van der Waals surface area contributed by atoms with Gasteiger partial charge in [0.2, 0.25) is 0 Å². The van der Waals surface area contributed by atoms with E-state index in [1.54, 1.807) is 0 Å². The molecule has 296 valence electrons. The van der Waals surface area contributed by atoms with E-state index in [1.165, 1.54) is 0 Å². The quantitative estimate of drug-likeness (QED) is 0.0582. The minimum absolute atomic E-state index is 0.0237. The van der Waals surface area contributed by atoms with Crippen molar-refractivity contribution in [3.63, 3.8) is 0 Å². The maximum absolute atomic E-state index is 11.3. The molecule has 4 bridgehead atoms. The fourth-order valence-corrected chi connectivity index (χ4v) is 7.37. The van der Waals surface area contributed by atoms with Gasteiger partial charge in [0.15, 0.2) is 31.0 Å². The topological polar surface area (TPSA) is 326 Å². The zero-order chi connectivity index (χ0) is 36.8. The lowest BCUT2D eigenvalue weighted by Crippen LogP contribution is -2.67. The summed E-state index contributed by atoms with van der Waals surface area (Å²) < 4.78 is 57.3. The second-order valence-electron chi connectivity index (χ2n) is 13.9. The fraction of sp³-hybridized carbons (Fsp3) is 1.00. The average Bonchev–Trinajstić information content (AvgIpc) is 3.58. The molecule has 6 aliphatic rings. The van der Waals surface area contributed by atoms with Crippen molar-refractivity contribution in [2.24, 2.45) is 11.5 Å². The predicted molar refractivity (Wildman–Crippen MR) is 161 cm³/mol. The van der Waals surface area contributed by atoms with Gasteiger partial charge in [-0.1, -0.05) is 19.8 Å². The first kappa shape index (κ1) is 39.8. The van der Waals surface area contributed by atoms with Crippen LogP contribution in [0.2, 0.25) is 0 Å². The Bertz CT molecular complexity index is 1130. The number of nitrogens with two attached hydrogens (primary N) is 2. The third-order valence-corrected chi connectivity index (χ3v) is 10.2. The molecule has 0 aromatic heterocycles. The Kier molecular flexibility index (Phi) is 12.9. The van der Waals surface area contributed by atoms with Crippen LogP contribution in [0.25, 0.3) is 0 Å². The monoisotopic (exact) mass is 744 g/mol. The molecule has 6 saturated heterocycles. The molecule has 51 heavy (non-hydrogen) atoms. The number of aliphatic hydroxyl groups excluding tert-OH is 9. The first-order valence-corrected chi connectivity index (χ1v) is 17.3. The highest BCUT2D eigenvalue weighted by atomic mass is 16.8. The van der Waals surface area contributed by atoms with E-state index in [1.807, 2.05) is 6.92 Å². The van der Waals surface area contributed by atoms with E-state index < -0.39 is 142 Å². The number of fused-ring (bicyclic) bond motifs is 4. The molecule has 6 rings (SSSR count). The van der Waals surface area contributed by atoms with Gasteiger partial charge < -0.3 is 93.3 Å². The van der Waals surface area contributed by atoms with Crippen LogP contribution in [0, 0.1) is 0 Å². The minimum atomic E-state index is -1.74. The lowest BCUT2D eigenvalue weighted by molar-refractivity contribution is -0.374. The first-order chi connectivity index (χ1) is 24.3. The molecule has 0 saturated carbocycles. The number of hydrogen-bond acceptors (Lipinski definition) is 21. The van der Waals surface area contributed by atoms with Crippen molar-refractivity contribution in [2.45, 2.75) is 161 Å². The first-order valence-electron chi connectivity index (χ1n) is 17.3. The molecule has 0 aromatic rings. The molecule has 21 nitrogen and oxygen atoms in total. The molecule has 13 N–H and O–H groups in total. The van der Waals surface area contributed by atoms with Crippen molar-refractivity contribution >= 4 is 0 Å². The zero-order valence-corrected chi connectivity index (χ0v) is 28.0. The van der Waals surface area contributed by atoms with Crippen LogP contribution in [0.15, 0.2) is 0 Å². The Hall–Kier alpha value is -0.840. The smallest absolute Gasteiger partial charge is 0.187 e. The van der Waals surface area contributed by atoms with Gasteiger partial charge in [0.1, 0.15) is 97.7 Å². The van der Waals surface area contributed by atoms with Gasteiger partial charge in [-0.2, -0.15) is 0 Å². The molecule has 0 unspecified atom stereocenters. The summed E-state index contributed by atoms with van der Waals surface area (Å²) in [6.45, 7) is 0.466. The molecule has 6 heterocycles. The summed E-state index contributed by atoms with van der Waals surface area (Å²) in [6.07, 6.45) is -24.8. The molecule has 0 spiro atoms. The Balaban J connectivity index is 1.11. The Labute approximate surface area is 292 Å².